The Morgan fingerprint density at radius 3 is 2.14 bits per heavy atom. The van der Waals surface area contributed by atoms with E-state index in [-0.39, 0.29) is 47.2 Å². The van der Waals surface area contributed by atoms with Gasteiger partial charge in [-0.2, -0.15) is 13.2 Å². The van der Waals surface area contributed by atoms with Crippen LogP contribution in [0.1, 0.15) is 58.9 Å². The molecule has 0 unspecified atom stereocenters. The number of carbonyl (C=O) groups is 3. The average molecular weight is 541 g/mol. The van der Waals surface area contributed by atoms with Crippen LogP contribution in [-0.4, -0.2) is 43.6 Å². The fourth-order valence-electron chi connectivity index (χ4n) is 3.98. The molecule has 1 aliphatic rings. The van der Waals surface area contributed by atoms with Gasteiger partial charge in [0.25, 0.3) is 11.8 Å². The molecule has 11 heteroatoms. The number of benzene rings is 2. The lowest BCUT2D eigenvalue weighted by Gasteiger charge is -2.27. The summed E-state index contributed by atoms with van der Waals surface area (Å²) in [7, 11) is 0. The smallest absolute Gasteiger partial charge is 0.416 e. The molecule has 1 aliphatic carbocycles. The summed E-state index contributed by atoms with van der Waals surface area (Å²) in [6.07, 6.45) is -1.74. The molecule has 2 amide bonds. The second-order valence-electron chi connectivity index (χ2n) is 8.57. The minimum absolute atomic E-state index is 0.0605. The van der Waals surface area contributed by atoms with E-state index >= 15 is 0 Å². The third-order valence-electron chi connectivity index (χ3n) is 5.95. The zero-order valence-electron chi connectivity index (χ0n) is 20.2. The minimum Gasteiger partial charge on any atom is -0.490 e. The summed E-state index contributed by atoms with van der Waals surface area (Å²) in [5, 5.41) is 5.36. The second-order valence-corrected chi connectivity index (χ2v) is 8.98. The predicted octanol–water partition coefficient (Wildman–Crippen LogP) is 5.02. The van der Waals surface area contributed by atoms with Crippen molar-refractivity contribution in [2.24, 2.45) is 5.92 Å². The maximum absolute atomic E-state index is 12.6. The van der Waals surface area contributed by atoms with E-state index in [0.29, 0.717) is 38.0 Å². The van der Waals surface area contributed by atoms with Crippen molar-refractivity contribution in [1.82, 2.24) is 10.6 Å². The van der Waals surface area contributed by atoms with Crippen LogP contribution in [0.5, 0.6) is 5.75 Å². The van der Waals surface area contributed by atoms with Gasteiger partial charge < -0.3 is 20.1 Å². The van der Waals surface area contributed by atoms with Crippen LogP contribution in [-0.2, 0) is 15.7 Å². The van der Waals surface area contributed by atoms with Crippen molar-refractivity contribution in [3.8, 4) is 5.75 Å². The summed E-state index contributed by atoms with van der Waals surface area (Å²) in [4.78, 5) is 36.4. The molecular weight excluding hydrogens is 513 g/mol. The second kappa shape index (κ2) is 12.8. The van der Waals surface area contributed by atoms with Crippen LogP contribution in [0.3, 0.4) is 0 Å². The van der Waals surface area contributed by atoms with Crippen molar-refractivity contribution >= 4 is 29.4 Å². The first-order chi connectivity index (χ1) is 17.6. The van der Waals surface area contributed by atoms with Crippen molar-refractivity contribution in [3.63, 3.8) is 0 Å². The van der Waals surface area contributed by atoms with Gasteiger partial charge in [-0.15, -0.1) is 0 Å². The van der Waals surface area contributed by atoms with Gasteiger partial charge in [-0.05, 0) is 75.1 Å². The first-order valence-electron chi connectivity index (χ1n) is 11.9. The van der Waals surface area contributed by atoms with Crippen molar-refractivity contribution in [2.45, 2.75) is 44.9 Å². The topological polar surface area (TPSA) is 93.7 Å². The van der Waals surface area contributed by atoms with Gasteiger partial charge in [-0.25, -0.2) is 0 Å². The van der Waals surface area contributed by atoms with E-state index in [1.165, 1.54) is 6.07 Å². The molecule has 0 aromatic heterocycles. The molecular formula is C26H28ClF3N2O5. The zero-order chi connectivity index (χ0) is 27.0. The Balaban J connectivity index is 1.42. The lowest BCUT2D eigenvalue weighted by Crippen LogP contribution is -2.34. The number of hydrogen-bond donors (Lipinski definition) is 2. The van der Waals surface area contributed by atoms with Crippen molar-refractivity contribution < 1.29 is 37.0 Å². The monoisotopic (exact) mass is 540 g/mol. The Kier molecular flexibility index (Phi) is 9.79. The third-order valence-corrected chi connectivity index (χ3v) is 6.27. The maximum atomic E-state index is 12.6. The molecule has 3 rings (SSSR count). The van der Waals surface area contributed by atoms with E-state index < -0.39 is 23.6 Å². The first kappa shape index (κ1) is 28.3. The molecule has 1 fully saturated rings. The number of alkyl halides is 3. The third kappa shape index (κ3) is 8.11. The number of amides is 2. The molecule has 7 nitrogen and oxygen atoms in total. The van der Waals surface area contributed by atoms with E-state index in [2.05, 4.69) is 10.6 Å². The molecule has 2 N–H and O–H groups in total. The lowest BCUT2D eigenvalue weighted by atomic mass is 9.87. The van der Waals surface area contributed by atoms with Crippen molar-refractivity contribution in [2.75, 3.05) is 19.7 Å². The SMILES string of the molecule is CCOC(=O)C1CCC(Oc2ccc(C(=O)NCCNC(=O)c3ccc(C(F)(F)F)cc3)c(Cl)c2)CC1. The molecule has 200 valence electrons. The van der Waals surface area contributed by atoms with E-state index in [1.54, 1.807) is 19.1 Å². The quantitative estimate of drug-likeness (QED) is 0.344. The number of hydrogen-bond acceptors (Lipinski definition) is 5. The van der Waals surface area contributed by atoms with Gasteiger partial charge in [0, 0.05) is 18.7 Å². The molecule has 0 saturated heterocycles. The van der Waals surface area contributed by atoms with Crippen LogP contribution in [0.15, 0.2) is 42.5 Å². The van der Waals surface area contributed by atoms with Crippen molar-refractivity contribution in [1.29, 1.82) is 0 Å². The summed E-state index contributed by atoms with van der Waals surface area (Å²) in [5.41, 5.74) is -0.535. The molecule has 0 radical (unpaired) electrons. The summed E-state index contributed by atoms with van der Waals surface area (Å²) in [6, 6.07) is 8.59. The highest BCUT2D eigenvalue weighted by Gasteiger charge is 2.30. The van der Waals surface area contributed by atoms with Gasteiger partial charge in [0.1, 0.15) is 5.75 Å². The number of carbonyl (C=O) groups excluding carboxylic acids is 3. The average Bonchev–Trinajstić information content (AvgIpc) is 2.86. The van der Waals surface area contributed by atoms with Gasteiger partial charge in [-0.3, -0.25) is 14.4 Å². The fourth-order valence-corrected chi connectivity index (χ4v) is 4.24. The van der Waals surface area contributed by atoms with Gasteiger partial charge in [0.15, 0.2) is 0 Å². The Morgan fingerprint density at radius 1 is 0.946 bits per heavy atom. The van der Waals surface area contributed by atoms with Crippen molar-refractivity contribution in [3.05, 3.63) is 64.2 Å². The van der Waals surface area contributed by atoms with Crippen LogP contribution < -0.4 is 15.4 Å². The molecule has 0 heterocycles. The summed E-state index contributed by atoms with van der Waals surface area (Å²) >= 11 is 6.28. The Hall–Kier alpha value is -3.27. The predicted molar refractivity (Wildman–Crippen MR) is 131 cm³/mol. The van der Waals surface area contributed by atoms with E-state index in [0.717, 1.165) is 24.3 Å². The highest BCUT2D eigenvalue weighted by molar-refractivity contribution is 6.34. The minimum atomic E-state index is -4.48. The molecule has 0 aliphatic heterocycles. The number of halogens is 4. The van der Waals surface area contributed by atoms with Crippen LogP contribution in [0.4, 0.5) is 13.2 Å². The molecule has 2 aromatic carbocycles. The van der Waals surface area contributed by atoms with Crippen LogP contribution in [0.25, 0.3) is 0 Å². The summed E-state index contributed by atoms with van der Waals surface area (Å²) < 4.78 is 48.9. The normalized spacial score (nSPS) is 17.5. The van der Waals surface area contributed by atoms with Gasteiger partial charge in [-0.1, -0.05) is 11.6 Å². The summed E-state index contributed by atoms with van der Waals surface area (Å²) in [5.74, 6) is -0.758. The lowest BCUT2D eigenvalue weighted by molar-refractivity contribution is -0.149. The van der Waals surface area contributed by atoms with Gasteiger partial charge >= 0.3 is 12.1 Å². The number of nitrogens with one attached hydrogen (secondary N) is 2. The largest absolute Gasteiger partial charge is 0.490 e. The highest BCUT2D eigenvalue weighted by atomic mass is 35.5. The maximum Gasteiger partial charge on any atom is 0.416 e. The van der Waals surface area contributed by atoms with E-state index in [9.17, 15) is 27.6 Å². The number of ether oxygens (including phenoxy) is 2. The molecule has 0 spiro atoms. The van der Waals surface area contributed by atoms with Gasteiger partial charge in [0.05, 0.1) is 34.8 Å². The van der Waals surface area contributed by atoms with Crippen LogP contribution in [0, 0.1) is 5.92 Å². The Labute approximate surface area is 217 Å². The first-order valence-corrected chi connectivity index (χ1v) is 12.3. The Morgan fingerprint density at radius 2 is 1.57 bits per heavy atom. The molecule has 0 atom stereocenters. The van der Waals surface area contributed by atoms with Gasteiger partial charge in [0.2, 0.25) is 0 Å². The van der Waals surface area contributed by atoms with Crippen LogP contribution >= 0.6 is 11.6 Å². The van der Waals surface area contributed by atoms with E-state index in [1.807, 2.05) is 0 Å². The molecule has 2 aromatic rings. The molecule has 0 bridgehead atoms. The van der Waals surface area contributed by atoms with E-state index in [4.69, 9.17) is 21.1 Å². The fraction of sp³-hybridized carbons (Fsp3) is 0.423. The zero-order valence-corrected chi connectivity index (χ0v) is 21.0. The summed E-state index contributed by atoms with van der Waals surface area (Å²) in [6.45, 7) is 2.30. The highest BCUT2D eigenvalue weighted by Crippen LogP contribution is 2.31. The molecule has 1 saturated carbocycles. The number of esters is 1. The van der Waals surface area contributed by atoms with Crippen LogP contribution in [0.2, 0.25) is 5.02 Å². The molecule has 37 heavy (non-hydrogen) atoms. The number of rotatable bonds is 9. The Bertz CT molecular complexity index is 1100. The standard InChI is InChI=1S/C26H28ClF3N2O5/c1-2-36-25(35)17-5-9-19(10-6-17)37-20-11-12-21(22(27)15-20)24(34)32-14-13-31-23(33)16-3-7-18(8-4-16)26(28,29)30/h3-4,7-8,11-12,15,17,19H,2,5-6,9-10,13-14H2,1H3,(H,31,33)(H,32,34).